The summed E-state index contributed by atoms with van der Waals surface area (Å²) in [5.41, 5.74) is 3.91. The minimum absolute atomic E-state index is 0.369. The Kier molecular flexibility index (Phi) is 3.25. The van der Waals surface area contributed by atoms with Gasteiger partial charge < -0.3 is 18.6 Å². The molecular weight excluding hydrogens is 291 g/mol. The van der Waals surface area contributed by atoms with Crippen molar-refractivity contribution >= 4 is 19.1 Å². The molecule has 1 atom stereocenters. The standard InChI is InChI=1S/C18H16BO4/c1-3-13-6-8-17-16(9-13)12-21-19(22-17)20-11-15-7-5-14(4-2)10-18(15)23-19/h3-10H,1-2,11-12H2/q-1. The molecule has 0 N–H and O–H groups in total. The van der Waals surface area contributed by atoms with Crippen molar-refractivity contribution in [2.24, 2.45) is 0 Å². The lowest BCUT2D eigenvalue weighted by Gasteiger charge is -2.47. The average molecular weight is 307 g/mol. The molecule has 0 saturated carbocycles. The molecule has 2 aromatic carbocycles. The van der Waals surface area contributed by atoms with Gasteiger partial charge in [-0.2, -0.15) is 0 Å². The highest BCUT2D eigenvalue weighted by Gasteiger charge is 2.43. The van der Waals surface area contributed by atoms with Gasteiger partial charge in [0, 0.05) is 24.3 Å². The number of hydrogen-bond acceptors (Lipinski definition) is 4. The first-order chi connectivity index (χ1) is 11.2. The van der Waals surface area contributed by atoms with Gasteiger partial charge in [-0.1, -0.05) is 43.5 Å². The van der Waals surface area contributed by atoms with E-state index in [1.165, 1.54) is 0 Å². The van der Waals surface area contributed by atoms with Crippen LogP contribution < -0.4 is 9.31 Å². The third-order valence-corrected chi connectivity index (χ3v) is 4.08. The molecule has 5 heteroatoms. The zero-order chi connectivity index (χ0) is 15.9. The summed E-state index contributed by atoms with van der Waals surface area (Å²) in [4.78, 5) is 0. The lowest BCUT2D eigenvalue weighted by Crippen LogP contribution is -2.58. The Morgan fingerprint density at radius 1 is 0.783 bits per heavy atom. The van der Waals surface area contributed by atoms with Gasteiger partial charge in [-0.15, -0.1) is 0 Å². The van der Waals surface area contributed by atoms with E-state index in [9.17, 15) is 0 Å². The number of fused-ring (bicyclic) bond motifs is 2. The third-order valence-electron chi connectivity index (χ3n) is 4.08. The van der Waals surface area contributed by atoms with Crippen LogP contribution in [-0.4, -0.2) is 6.96 Å². The monoisotopic (exact) mass is 307 g/mol. The van der Waals surface area contributed by atoms with Crippen molar-refractivity contribution in [1.82, 2.24) is 0 Å². The number of benzene rings is 2. The second kappa shape index (κ2) is 5.30. The van der Waals surface area contributed by atoms with Gasteiger partial charge in [0.05, 0.1) is 11.5 Å². The summed E-state index contributed by atoms with van der Waals surface area (Å²) >= 11 is 0. The Bertz CT molecular complexity index is 802. The fourth-order valence-corrected chi connectivity index (χ4v) is 2.78. The van der Waals surface area contributed by atoms with Crippen molar-refractivity contribution in [2.75, 3.05) is 0 Å². The molecule has 0 fully saturated rings. The van der Waals surface area contributed by atoms with E-state index >= 15 is 0 Å². The maximum absolute atomic E-state index is 5.94. The summed E-state index contributed by atoms with van der Waals surface area (Å²) < 4.78 is 23.4. The van der Waals surface area contributed by atoms with E-state index in [4.69, 9.17) is 18.6 Å². The van der Waals surface area contributed by atoms with Crippen molar-refractivity contribution in [3.8, 4) is 11.5 Å². The Hall–Kier alpha value is -2.50. The molecule has 1 unspecified atom stereocenters. The van der Waals surface area contributed by atoms with Gasteiger partial charge in [0.1, 0.15) is 0 Å². The fraction of sp³-hybridized carbons (Fsp3) is 0.111. The molecule has 0 amide bonds. The van der Waals surface area contributed by atoms with E-state index in [2.05, 4.69) is 13.2 Å². The van der Waals surface area contributed by atoms with Crippen LogP contribution in [0.4, 0.5) is 0 Å². The zero-order valence-electron chi connectivity index (χ0n) is 12.7. The van der Waals surface area contributed by atoms with Gasteiger partial charge >= 0.3 is 6.96 Å². The molecule has 0 bridgehead atoms. The highest BCUT2D eigenvalue weighted by Crippen LogP contribution is 2.37. The maximum atomic E-state index is 5.94. The van der Waals surface area contributed by atoms with E-state index in [0.717, 1.165) is 22.3 Å². The largest absolute Gasteiger partial charge is 0.652 e. The van der Waals surface area contributed by atoms with Gasteiger partial charge in [-0.05, 0) is 29.3 Å². The van der Waals surface area contributed by atoms with Crippen LogP contribution in [0.15, 0.2) is 49.6 Å². The molecule has 0 saturated heterocycles. The topological polar surface area (TPSA) is 36.9 Å². The van der Waals surface area contributed by atoms with Crippen molar-refractivity contribution in [2.45, 2.75) is 13.2 Å². The second-order valence-electron chi connectivity index (χ2n) is 5.58. The molecule has 2 aromatic rings. The number of hydrogen-bond donors (Lipinski definition) is 0. The number of rotatable bonds is 2. The van der Waals surface area contributed by atoms with Gasteiger partial charge in [0.2, 0.25) is 0 Å². The Labute approximate surface area is 135 Å². The van der Waals surface area contributed by atoms with Crippen LogP contribution in [0.5, 0.6) is 11.5 Å². The smallest absolute Gasteiger partial charge is 0.634 e. The second-order valence-corrected chi connectivity index (χ2v) is 5.58. The van der Waals surface area contributed by atoms with Gasteiger partial charge in [-0.25, -0.2) is 0 Å². The third kappa shape index (κ3) is 2.44. The molecular formula is C18H16BO4-. The molecule has 2 aliphatic heterocycles. The molecule has 2 heterocycles. The van der Waals surface area contributed by atoms with Crippen LogP contribution in [-0.2, 0) is 22.5 Å². The molecule has 0 aliphatic carbocycles. The van der Waals surface area contributed by atoms with E-state index in [1.54, 1.807) is 12.2 Å². The zero-order valence-corrected chi connectivity index (χ0v) is 12.7. The Morgan fingerprint density at radius 2 is 1.43 bits per heavy atom. The van der Waals surface area contributed by atoms with Crippen LogP contribution in [0.3, 0.4) is 0 Å². The molecule has 0 radical (unpaired) electrons. The lowest BCUT2D eigenvalue weighted by molar-refractivity contribution is 0.00536. The highest BCUT2D eigenvalue weighted by molar-refractivity contribution is 6.55. The average Bonchev–Trinajstić information content (AvgIpc) is 2.60. The quantitative estimate of drug-likeness (QED) is 0.788. The van der Waals surface area contributed by atoms with Crippen molar-refractivity contribution < 1.29 is 18.6 Å². The predicted octanol–water partition coefficient (Wildman–Crippen LogP) is 3.93. The molecule has 116 valence electrons. The summed E-state index contributed by atoms with van der Waals surface area (Å²) in [6.07, 6.45) is 3.56. The summed E-state index contributed by atoms with van der Waals surface area (Å²) in [6, 6.07) is 11.7. The molecule has 4 nitrogen and oxygen atoms in total. The summed E-state index contributed by atoms with van der Waals surface area (Å²) in [6.45, 7) is 6.02. The van der Waals surface area contributed by atoms with Crippen LogP contribution >= 0.6 is 0 Å². The Balaban J connectivity index is 1.65. The lowest BCUT2D eigenvalue weighted by atomic mass is 9.96. The van der Waals surface area contributed by atoms with Crippen LogP contribution in [0.1, 0.15) is 22.3 Å². The van der Waals surface area contributed by atoms with Crippen LogP contribution in [0.2, 0.25) is 0 Å². The first-order valence-electron chi connectivity index (χ1n) is 7.51. The van der Waals surface area contributed by atoms with E-state index in [-0.39, 0.29) is 0 Å². The summed E-state index contributed by atoms with van der Waals surface area (Å²) in [5.74, 6) is 1.42. The SMILES string of the molecule is C=Cc1ccc2c(c1)CO[B-]1(OCc3ccc(C=C)cc3O1)O2. The first kappa shape index (κ1) is 14.1. The Morgan fingerprint density at radius 3 is 2.22 bits per heavy atom. The minimum Gasteiger partial charge on any atom is -0.634 e. The first-order valence-corrected chi connectivity index (χ1v) is 7.51. The fourth-order valence-electron chi connectivity index (χ4n) is 2.78. The molecule has 2 aliphatic rings. The van der Waals surface area contributed by atoms with E-state index < -0.39 is 6.96 Å². The molecule has 1 spiro atoms. The van der Waals surface area contributed by atoms with Gasteiger partial charge in [0.15, 0.2) is 0 Å². The molecule has 4 rings (SSSR count). The molecule has 23 heavy (non-hydrogen) atoms. The van der Waals surface area contributed by atoms with Gasteiger partial charge in [-0.3, -0.25) is 0 Å². The maximum Gasteiger partial charge on any atom is 0.652 e. The summed E-state index contributed by atoms with van der Waals surface area (Å²) in [5, 5.41) is 0. The normalized spacial score (nSPS) is 21.6. The minimum atomic E-state index is -2.28. The molecule has 0 aromatic heterocycles. The highest BCUT2D eigenvalue weighted by atomic mass is 16.9. The summed E-state index contributed by atoms with van der Waals surface area (Å²) in [7, 11) is 0. The van der Waals surface area contributed by atoms with Crippen LogP contribution in [0.25, 0.3) is 12.2 Å². The van der Waals surface area contributed by atoms with Crippen molar-refractivity contribution in [3.63, 3.8) is 0 Å². The van der Waals surface area contributed by atoms with Crippen molar-refractivity contribution in [3.05, 3.63) is 71.8 Å². The predicted molar refractivity (Wildman–Crippen MR) is 89.7 cm³/mol. The van der Waals surface area contributed by atoms with Gasteiger partial charge in [0.25, 0.3) is 0 Å². The van der Waals surface area contributed by atoms with Crippen LogP contribution in [0, 0.1) is 0 Å². The van der Waals surface area contributed by atoms with Crippen molar-refractivity contribution in [1.29, 1.82) is 0 Å². The van der Waals surface area contributed by atoms with E-state index in [0.29, 0.717) is 24.7 Å². The van der Waals surface area contributed by atoms with E-state index in [1.807, 2.05) is 36.4 Å².